The zero-order valence-corrected chi connectivity index (χ0v) is 13.3. The minimum absolute atomic E-state index is 0.0245. The van der Waals surface area contributed by atoms with Gasteiger partial charge in [-0.2, -0.15) is 0 Å². The Hall–Kier alpha value is -2.44. The molecule has 6 nitrogen and oxygen atoms in total. The lowest BCUT2D eigenvalue weighted by atomic mass is 10.2. The number of halogens is 1. The lowest BCUT2D eigenvalue weighted by Gasteiger charge is -2.35. The number of carbonyl (C=O) groups excluding carboxylic acids is 1. The quantitative estimate of drug-likeness (QED) is 0.835. The molecular weight excluding hydrogens is 299 g/mol. The standard InChI is InChI=1S/C16H19FN4O2/c1-3-19-5-4-14(23)12-10-13(17)16(18-15(12)19)21-8-6-20(7-9-21)11(2)22/h4-5,10H,3,6-9H2,1-2H3. The summed E-state index contributed by atoms with van der Waals surface area (Å²) in [6.45, 7) is 6.27. The van der Waals surface area contributed by atoms with Gasteiger partial charge in [0.05, 0.1) is 5.39 Å². The van der Waals surface area contributed by atoms with E-state index in [9.17, 15) is 14.0 Å². The van der Waals surface area contributed by atoms with Crippen LogP contribution in [-0.4, -0.2) is 46.5 Å². The Labute approximate surface area is 133 Å². The van der Waals surface area contributed by atoms with E-state index >= 15 is 0 Å². The number of hydrogen-bond acceptors (Lipinski definition) is 4. The van der Waals surface area contributed by atoms with Crippen molar-refractivity contribution in [1.29, 1.82) is 0 Å². The van der Waals surface area contributed by atoms with Crippen molar-refractivity contribution in [1.82, 2.24) is 14.5 Å². The van der Waals surface area contributed by atoms with Crippen molar-refractivity contribution in [2.45, 2.75) is 20.4 Å². The number of fused-ring (bicyclic) bond motifs is 1. The van der Waals surface area contributed by atoms with Crippen LogP contribution in [0, 0.1) is 5.82 Å². The molecule has 122 valence electrons. The molecule has 1 saturated heterocycles. The third-order valence-corrected chi connectivity index (χ3v) is 4.25. The first kappa shape index (κ1) is 15.5. The van der Waals surface area contributed by atoms with E-state index in [1.165, 1.54) is 19.1 Å². The summed E-state index contributed by atoms with van der Waals surface area (Å²) in [5.74, 6) is -0.232. The van der Waals surface area contributed by atoms with Gasteiger partial charge in [0, 0.05) is 51.9 Å². The van der Waals surface area contributed by atoms with E-state index in [-0.39, 0.29) is 22.5 Å². The summed E-state index contributed by atoms with van der Waals surface area (Å²) in [6.07, 6.45) is 1.67. The molecule has 0 saturated carbocycles. The van der Waals surface area contributed by atoms with Gasteiger partial charge in [-0.05, 0) is 13.0 Å². The van der Waals surface area contributed by atoms with E-state index < -0.39 is 5.82 Å². The lowest BCUT2D eigenvalue weighted by molar-refractivity contribution is -0.129. The smallest absolute Gasteiger partial charge is 0.219 e. The van der Waals surface area contributed by atoms with Gasteiger partial charge in [0.2, 0.25) is 5.91 Å². The maximum atomic E-state index is 14.4. The zero-order valence-electron chi connectivity index (χ0n) is 13.3. The Morgan fingerprint density at radius 3 is 2.61 bits per heavy atom. The number of hydrogen-bond donors (Lipinski definition) is 0. The number of piperazine rings is 1. The largest absolute Gasteiger partial charge is 0.351 e. The van der Waals surface area contributed by atoms with Gasteiger partial charge in [0.25, 0.3) is 0 Å². The summed E-state index contributed by atoms with van der Waals surface area (Å²) in [5.41, 5.74) is 0.259. The Balaban J connectivity index is 2.00. The second-order valence-electron chi connectivity index (χ2n) is 5.62. The molecule has 1 aliphatic heterocycles. The van der Waals surface area contributed by atoms with E-state index in [0.717, 1.165) is 0 Å². The van der Waals surface area contributed by atoms with E-state index in [2.05, 4.69) is 4.98 Å². The van der Waals surface area contributed by atoms with Crippen LogP contribution >= 0.6 is 0 Å². The molecule has 0 aliphatic carbocycles. The van der Waals surface area contributed by atoms with Crippen molar-refractivity contribution >= 4 is 22.8 Å². The fraction of sp³-hybridized carbons (Fsp3) is 0.438. The summed E-state index contributed by atoms with van der Waals surface area (Å²) in [4.78, 5) is 31.3. The van der Waals surface area contributed by atoms with Crippen LogP contribution in [0.3, 0.4) is 0 Å². The molecule has 3 heterocycles. The minimum Gasteiger partial charge on any atom is -0.351 e. The van der Waals surface area contributed by atoms with Crippen molar-refractivity contribution in [2.75, 3.05) is 31.1 Å². The highest BCUT2D eigenvalue weighted by Crippen LogP contribution is 2.22. The summed E-state index contributed by atoms with van der Waals surface area (Å²) in [6, 6.07) is 2.70. The Bertz CT molecular complexity index is 810. The van der Waals surface area contributed by atoms with Crippen LogP contribution in [0.1, 0.15) is 13.8 Å². The normalized spacial score (nSPS) is 15.3. The maximum absolute atomic E-state index is 14.4. The summed E-state index contributed by atoms with van der Waals surface area (Å²) >= 11 is 0. The third-order valence-electron chi connectivity index (χ3n) is 4.25. The van der Waals surface area contributed by atoms with Gasteiger partial charge in [-0.25, -0.2) is 9.37 Å². The average Bonchev–Trinajstić information content (AvgIpc) is 2.55. The van der Waals surface area contributed by atoms with Crippen molar-refractivity contribution in [3.63, 3.8) is 0 Å². The van der Waals surface area contributed by atoms with Gasteiger partial charge in [-0.3, -0.25) is 9.59 Å². The number of aromatic nitrogens is 2. The Morgan fingerprint density at radius 2 is 2.00 bits per heavy atom. The first-order chi connectivity index (χ1) is 11.0. The van der Waals surface area contributed by atoms with E-state index in [0.29, 0.717) is 38.4 Å². The fourth-order valence-electron chi connectivity index (χ4n) is 2.90. The molecule has 23 heavy (non-hydrogen) atoms. The Kier molecular flexibility index (Phi) is 4.02. The van der Waals surface area contributed by atoms with Crippen LogP contribution < -0.4 is 10.3 Å². The van der Waals surface area contributed by atoms with Gasteiger partial charge in [-0.1, -0.05) is 0 Å². The van der Waals surface area contributed by atoms with Gasteiger partial charge >= 0.3 is 0 Å². The van der Waals surface area contributed by atoms with Crippen LogP contribution in [0.4, 0.5) is 10.2 Å². The van der Waals surface area contributed by atoms with Crippen LogP contribution in [0.15, 0.2) is 23.1 Å². The molecule has 2 aromatic heterocycles. The number of aryl methyl sites for hydroxylation is 1. The molecular formula is C16H19FN4O2. The highest BCUT2D eigenvalue weighted by Gasteiger charge is 2.23. The molecule has 3 rings (SSSR count). The van der Waals surface area contributed by atoms with Crippen molar-refractivity contribution in [3.8, 4) is 0 Å². The number of nitrogens with zero attached hydrogens (tertiary/aromatic N) is 4. The van der Waals surface area contributed by atoms with Crippen LogP contribution in [-0.2, 0) is 11.3 Å². The van der Waals surface area contributed by atoms with Crippen molar-refractivity contribution in [3.05, 3.63) is 34.4 Å². The number of anilines is 1. The van der Waals surface area contributed by atoms with E-state index in [1.807, 2.05) is 16.4 Å². The number of pyridine rings is 2. The van der Waals surface area contributed by atoms with Crippen LogP contribution in [0.25, 0.3) is 11.0 Å². The third kappa shape index (κ3) is 2.78. The molecule has 0 N–H and O–H groups in total. The molecule has 0 bridgehead atoms. The monoisotopic (exact) mass is 318 g/mol. The van der Waals surface area contributed by atoms with Gasteiger partial charge in [0.1, 0.15) is 5.65 Å². The highest BCUT2D eigenvalue weighted by molar-refractivity contribution is 5.77. The number of amides is 1. The van der Waals surface area contributed by atoms with Crippen LogP contribution in [0.2, 0.25) is 0 Å². The molecule has 1 aliphatic rings. The molecule has 1 fully saturated rings. The average molecular weight is 318 g/mol. The lowest BCUT2D eigenvalue weighted by Crippen LogP contribution is -2.48. The first-order valence-electron chi connectivity index (χ1n) is 7.71. The SMILES string of the molecule is CCn1ccc(=O)c2cc(F)c(N3CCN(C(C)=O)CC3)nc21. The highest BCUT2D eigenvalue weighted by atomic mass is 19.1. The second-order valence-corrected chi connectivity index (χ2v) is 5.62. The topological polar surface area (TPSA) is 58.4 Å². The second kappa shape index (κ2) is 5.98. The maximum Gasteiger partial charge on any atom is 0.219 e. The zero-order chi connectivity index (χ0) is 16.6. The number of rotatable bonds is 2. The first-order valence-corrected chi connectivity index (χ1v) is 7.71. The molecule has 0 unspecified atom stereocenters. The molecule has 0 atom stereocenters. The van der Waals surface area contributed by atoms with Crippen molar-refractivity contribution in [2.24, 2.45) is 0 Å². The van der Waals surface area contributed by atoms with Gasteiger partial charge in [0.15, 0.2) is 17.1 Å². The molecule has 2 aromatic rings. The molecule has 0 radical (unpaired) electrons. The van der Waals surface area contributed by atoms with Crippen LogP contribution in [0.5, 0.6) is 0 Å². The van der Waals surface area contributed by atoms with Crippen molar-refractivity contribution < 1.29 is 9.18 Å². The van der Waals surface area contributed by atoms with Gasteiger partial charge < -0.3 is 14.4 Å². The Morgan fingerprint density at radius 1 is 1.30 bits per heavy atom. The van der Waals surface area contributed by atoms with Gasteiger partial charge in [-0.15, -0.1) is 0 Å². The predicted molar refractivity (Wildman–Crippen MR) is 86.1 cm³/mol. The summed E-state index contributed by atoms with van der Waals surface area (Å²) in [5, 5.41) is 0.290. The van der Waals surface area contributed by atoms with E-state index in [1.54, 1.807) is 11.1 Å². The fourth-order valence-corrected chi connectivity index (χ4v) is 2.90. The predicted octanol–water partition coefficient (Wildman–Crippen LogP) is 1.22. The minimum atomic E-state index is -0.500. The molecule has 0 aromatic carbocycles. The molecule has 1 amide bonds. The molecule has 7 heteroatoms. The summed E-state index contributed by atoms with van der Waals surface area (Å²) in [7, 11) is 0. The number of carbonyl (C=O) groups is 1. The van der Waals surface area contributed by atoms with E-state index in [4.69, 9.17) is 0 Å². The molecule has 0 spiro atoms. The summed E-state index contributed by atoms with van der Waals surface area (Å²) < 4.78 is 16.3.